The summed E-state index contributed by atoms with van der Waals surface area (Å²) >= 11 is 14.7. The van der Waals surface area contributed by atoms with Gasteiger partial charge in [0.15, 0.2) is 0 Å². The highest BCUT2D eigenvalue weighted by Crippen LogP contribution is 2.74. The zero-order valence-corrected chi connectivity index (χ0v) is 27.4. The Morgan fingerprint density at radius 2 is 0.897 bits per heavy atom. The van der Waals surface area contributed by atoms with E-state index < -0.39 is 14.0 Å². The maximum Gasteiger partial charge on any atom is 0.0707 e. The number of rotatable bonds is 6. The summed E-state index contributed by atoms with van der Waals surface area (Å²) in [5, 5.41) is 5.24. The molecule has 0 nitrogen and oxygen atoms in total. The first kappa shape index (κ1) is 27.7. The van der Waals surface area contributed by atoms with Crippen LogP contribution in [0.5, 0.6) is 0 Å². The van der Waals surface area contributed by atoms with Gasteiger partial charge in [0.1, 0.15) is 0 Å². The highest BCUT2D eigenvalue weighted by atomic mass is 32.4. The molecule has 0 unspecified atom stereocenters. The van der Waals surface area contributed by atoms with Gasteiger partial charge in [-0.25, -0.2) is 0 Å². The number of allylic oxidation sites excluding steroid dienone is 2. The zero-order valence-electron chi connectivity index (χ0n) is 21.5. The van der Waals surface area contributed by atoms with E-state index in [4.69, 9.17) is 11.8 Å². The molecule has 39 heavy (non-hydrogen) atoms. The van der Waals surface area contributed by atoms with E-state index in [-0.39, 0.29) is 0 Å². The van der Waals surface area contributed by atoms with Crippen molar-refractivity contribution >= 4 is 94.0 Å². The fourth-order valence-electron chi connectivity index (χ4n) is 4.43. The number of benzene rings is 4. The van der Waals surface area contributed by atoms with Gasteiger partial charge in [0.2, 0.25) is 0 Å². The van der Waals surface area contributed by atoms with E-state index in [9.17, 15) is 0 Å². The van der Waals surface area contributed by atoms with Crippen molar-refractivity contribution in [2.45, 2.75) is 13.8 Å². The van der Waals surface area contributed by atoms with Crippen LogP contribution in [-0.2, 0) is 11.8 Å². The lowest BCUT2D eigenvalue weighted by Crippen LogP contribution is -2.18. The van der Waals surface area contributed by atoms with E-state index in [1.54, 1.807) is 0 Å². The molecule has 0 atom stereocenters. The van der Waals surface area contributed by atoms with Gasteiger partial charge in [-0.2, -0.15) is 0 Å². The smallest absolute Gasteiger partial charge is 0.0707 e. The van der Waals surface area contributed by atoms with Crippen LogP contribution in [0.25, 0.3) is 0 Å². The van der Waals surface area contributed by atoms with Crippen molar-refractivity contribution in [1.82, 2.24) is 0 Å². The minimum Gasteiger partial charge on any atom is -0.0849 e. The first-order chi connectivity index (χ1) is 19.1. The van der Waals surface area contributed by atoms with Gasteiger partial charge in [-0.05, 0) is 52.8 Å². The molecule has 0 bridgehead atoms. The summed E-state index contributed by atoms with van der Waals surface area (Å²) in [6, 6.07) is 41.5. The molecule has 0 fully saturated rings. The molecule has 0 spiro atoms. The molecule has 2 aliphatic heterocycles. The maximum absolute atomic E-state index is 6.95. The third-order valence-corrected chi connectivity index (χ3v) is 21.5. The Morgan fingerprint density at radius 3 is 1.33 bits per heavy atom. The van der Waals surface area contributed by atoms with Crippen molar-refractivity contribution in [3.05, 3.63) is 149 Å². The molecule has 6 rings (SSSR count). The predicted octanol–water partition coefficient (Wildman–Crippen LogP) is 9.71. The van der Waals surface area contributed by atoms with Gasteiger partial charge in [-0.15, -0.1) is 0 Å². The number of hydrogen-bond donors (Lipinski definition) is 0. The van der Waals surface area contributed by atoms with Gasteiger partial charge in [0.05, 0.1) is 8.47 Å². The first-order valence-corrected chi connectivity index (χ1v) is 20.0. The molecule has 0 amide bonds. The van der Waals surface area contributed by atoms with Crippen molar-refractivity contribution in [2.75, 3.05) is 0 Å². The molecule has 0 N–H and O–H groups in total. The van der Waals surface area contributed by atoms with E-state index in [2.05, 4.69) is 135 Å². The lowest BCUT2D eigenvalue weighted by atomic mass is 10.4. The Hall–Kier alpha value is -1.42. The second kappa shape index (κ2) is 12.2. The fourth-order valence-corrected chi connectivity index (χ4v) is 19.8. The molecule has 2 aliphatic rings. The molecule has 4 aromatic rings. The SMILES string of the molecule is CC1=C(C)SC(=C2SC(P(c3ccccc3)c3ccccc3)=C(P(=S)(c3ccccc3)c3ccccc3)S2)S1. The Morgan fingerprint density at radius 1 is 0.513 bits per heavy atom. The highest BCUT2D eigenvalue weighted by molar-refractivity contribution is 8.42. The molecule has 0 aliphatic carbocycles. The van der Waals surface area contributed by atoms with Crippen molar-refractivity contribution in [3.8, 4) is 0 Å². The summed E-state index contributed by atoms with van der Waals surface area (Å²) in [4.78, 5) is 2.80. The predicted molar refractivity (Wildman–Crippen MR) is 188 cm³/mol. The van der Waals surface area contributed by atoms with Crippen LogP contribution < -0.4 is 21.2 Å². The van der Waals surface area contributed by atoms with Crippen LogP contribution in [0.15, 0.2) is 149 Å². The van der Waals surface area contributed by atoms with Crippen LogP contribution in [0.1, 0.15) is 13.8 Å². The monoisotopic (exact) mass is 632 g/mol. The maximum atomic E-state index is 6.95. The minimum absolute atomic E-state index is 0.783. The van der Waals surface area contributed by atoms with E-state index in [0.29, 0.717) is 0 Å². The van der Waals surface area contributed by atoms with Gasteiger partial charge >= 0.3 is 0 Å². The van der Waals surface area contributed by atoms with Gasteiger partial charge < -0.3 is 0 Å². The standard InChI is InChI=1S/C32H26P2S5/c1-23-24(2)37-31(36-23)32-38-29(33(25-15-7-3-8-16-25)26-17-9-4-10-18-26)30(39-32)34(35,27-19-11-5-12-20-27)28-21-13-6-14-22-28/h3-22H,1-2H3. The van der Waals surface area contributed by atoms with E-state index in [0.717, 1.165) is 0 Å². The fraction of sp³-hybridized carbons (Fsp3) is 0.0625. The Bertz CT molecular complexity index is 1530. The van der Waals surface area contributed by atoms with Crippen molar-refractivity contribution in [2.24, 2.45) is 0 Å². The van der Waals surface area contributed by atoms with Crippen LogP contribution in [-0.4, -0.2) is 0 Å². The zero-order chi connectivity index (χ0) is 26.8. The van der Waals surface area contributed by atoms with Crippen molar-refractivity contribution < 1.29 is 0 Å². The average Bonchev–Trinajstić information content (AvgIpc) is 3.58. The van der Waals surface area contributed by atoms with Crippen molar-refractivity contribution in [3.63, 3.8) is 0 Å². The third-order valence-electron chi connectivity index (χ3n) is 6.47. The van der Waals surface area contributed by atoms with Crippen LogP contribution in [0, 0.1) is 0 Å². The lowest BCUT2D eigenvalue weighted by Gasteiger charge is -2.28. The van der Waals surface area contributed by atoms with Crippen LogP contribution in [0.4, 0.5) is 0 Å². The normalized spacial score (nSPS) is 16.1. The molecule has 0 radical (unpaired) electrons. The summed E-state index contributed by atoms with van der Waals surface area (Å²) < 4.78 is 5.59. The first-order valence-electron chi connectivity index (χ1n) is 12.5. The molecular weight excluding hydrogens is 607 g/mol. The molecule has 7 heteroatoms. The molecule has 0 saturated carbocycles. The van der Waals surface area contributed by atoms with Gasteiger partial charge in [-0.3, -0.25) is 0 Å². The minimum atomic E-state index is -2.33. The molecule has 194 valence electrons. The molecule has 4 aromatic carbocycles. The summed E-state index contributed by atoms with van der Waals surface area (Å²) in [6.45, 7) is 4.47. The summed E-state index contributed by atoms with van der Waals surface area (Å²) in [5.41, 5.74) is 0. The second-order valence-electron chi connectivity index (χ2n) is 8.99. The molecule has 0 saturated heterocycles. The molecule has 2 heterocycles. The van der Waals surface area contributed by atoms with Gasteiger partial charge in [0.25, 0.3) is 0 Å². The largest absolute Gasteiger partial charge is 0.0849 e. The number of hydrogen-bond acceptors (Lipinski definition) is 5. The molecule has 0 aromatic heterocycles. The van der Waals surface area contributed by atoms with Gasteiger partial charge in [-0.1, -0.05) is 180 Å². The Kier molecular flexibility index (Phi) is 8.68. The van der Waals surface area contributed by atoms with E-state index >= 15 is 0 Å². The van der Waals surface area contributed by atoms with Crippen molar-refractivity contribution in [1.29, 1.82) is 0 Å². The van der Waals surface area contributed by atoms with Gasteiger partial charge in [0, 0.05) is 15.3 Å². The summed E-state index contributed by atoms with van der Waals surface area (Å²) in [5.74, 6) is 0. The Labute approximate surface area is 255 Å². The number of thioether (sulfide) groups is 4. The summed E-state index contributed by atoms with van der Waals surface area (Å²) in [7, 11) is -0.783. The van der Waals surface area contributed by atoms with Crippen LogP contribution >= 0.6 is 61.0 Å². The van der Waals surface area contributed by atoms with E-state index in [1.165, 1.54) is 48.8 Å². The van der Waals surface area contributed by atoms with Crippen LogP contribution in [0.2, 0.25) is 0 Å². The highest BCUT2D eigenvalue weighted by Gasteiger charge is 2.40. The Balaban J connectivity index is 1.63. The second-order valence-corrected chi connectivity index (χ2v) is 21.1. The average molecular weight is 633 g/mol. The van der Waals surface area contributed by atoms with E-state index in [1.807, 2.05) is 47.0 Å². The quantitative estimate of drug-likeness (QED) is 0.194. The summed E-state index contributed by atoms with van der Waals surface area (Å²) in [6.07, 6.45) is 0. The lowest BCUT2D eigenvalue weighted by molar-refractivity contribution is 1.57. The molecular formula is C32H26P2S5. The third kappa shape index (κ3) is 5.57. The topological polar surface area (TPSA) is 0 Å². The van der Waals surface area contributed by atoms with Crippen LogP contribution in [0.3, 0.4) is 0 Å².